The topological polar surface area (TPSA) is 93.1 Å². The second-order valence-electron chi connectivity index (χ2n) is 8.67. The molecule has 2 heterocycles. The van der Waals surface area contributed by atoms with Crippen LogP contribution in [0.1, 0.15) is 22.6 Å². The van der Waals surface area contributed by atoms with Gasteiger partial charge in [-0.25, -0.2) is 4.98 Å². The fourth-order valence-corrected chi connectivity index (χ4v) is 5.36. The predicted octanol–water partition coefficient (Wildman–Crippen LogP) is 6.59. The summed E-state index contributed by atoms with van der Waals surface area (Å²) in [5.74, 6) is -3.03. The third kappa shape index (κ3) is 4.75. The molecule has 1 amide bonds. The van der Waals surface area contributed by atoms with Gasteiger partial charge in [0.15, 0.2) is 0 Å². The number of rotatable bonds is 6. The summed E-state index contributed by atoms with van der Waals surface area (Å²) in [6, 6.07) is 28.4. The zero-order valence-electron chi connectivity index (χ0n) is 19.7. The van der Waals surface area contributed by atoms with Gasteiger partial charge in [0.25, 0.3) is 5.91 Å². The molecule has 0 saturated heterocycles. The van der Waals surface area contributed by atoms with Crippen molar-refractivity contribution in [3.05, 3.63) is 106 Å². The van der Waals surface area contributed by atoms with E-state index in [4.69, 9.17) is 21.7 Å². The zero-order valence-corrected chi connectivity index (χ0v) is 21.3. The Bertz CT molecular complexity index is 1540. The van der Waals surface area contributed by atoms with Gasteiger partial charge in [-0.3, -0.25) is 4.79 Å². The number of thiazole rings is 1. The van der Waals surface area contributed by atoms with E-state index >= 15 is 0 Å². The van der Waals surface area contributed by atoms with Crippen LogP contribution in [0.3, 0.4) is 0 Å². The van der Waals surface area contributed by atoms with Gasteiger partial charge in [-0.15, -0.1) is 11.3 Å². The number of benzene rings is 3. The van der Waals surface area contributed by atoms with Crippen LogP contribution in [0, 0.1) is 41.4 Å². The molecule has 1 aromatic heterocycles. The molecule has 0 fully saturated rings. The molecule has 8 heteroatoms. The third-order valence-electron chi connectivity index (χ3n) is 6.32. The number of hydrazone groups is 1. The lowest BCUT2D eigenvalue weighted by Crippen LogP contribution is -2.35. The summed E-state index contributed by atoms with van der Waals surface area (Å²) < 4.78 is 0. The molecule has 5 rings (SSSR count). The van der Waals surface area contributed by atoms with Crippen LogP contribution in [-0.4, -0.2) is 16.6 Å². The van der Waals surface area contributed by atoms with Crippen molar-refractivity contribution >= 4 is 39.7 Å². The van der Waals surface area contributed by atoms with Gasteiger partial charge in [0.2, 0.25) is 5.13 Å². The molecule has 2 atom stereocenters. The second kappa shape index (κ2) is 10.4. The predicted molar refractivity (Wildman–Crippen MR) is 145 cm³/mol. The van der Waals surface area contributed by atoms with Crippen molar-refractivity contribution in [1.29, 1.82) is 10.5 Å². The van der Waals surface area contributed by atoms with E-state index in [1.54, 1.807) is 24.3 Å². The zero-order chi connectivity index (χ0) is 25.9. The Labute approximate surface area is 223 Å². The van der Waals surface area contributed by atoms with Gasteiger partial charge in [-0.05, 0) is 30.2 Å². The highest BCUT2D eigenvalue weighted by atomic mass is 35.5. The molecule has 0 radical (unpaired) electrons. The first-order valence-corrected chi connectivity index (χ1v) is 12.8. The van der Waals surface area contributed by atoms with Gasteiger partial charge in [0, 0.05) is 21.9 Å². The minimum atomic E-state index is -1.08. The maximum absolute atomic E-state index is 14.0. The van der Waals surface area contributed by atoms with Crippen LogP contribution in [0.4, 0.5) is 5.13 Å². The molecule has 37 heavy (non-hydrogen) atoms. The second-order valence-corrected chi connectivity index (χ2v) is 9.95. The average molecular weight is 522 g/mol. The smallest absolute Gasteiger partial charge is 0.259 e. The Morgan fingerprint density at radius 3 is 2.27 bits per heavy atom. The fourth-order valence-electron chi connectivity index (χ4n) is 4.45. The summed E-state index contributed by atoms with van der Waals surface area (Å²) in [6.45, 7) is 2.02. The third-order valence-corrected chi connectivity index (χ3v) is 7.39. The quantitative estimate of drug-likeness (QED) is 0.286. The standard InChI is InChI=1S/C29H20ClN5OS/c1-18-7-9-19(10-8-18)24-17-37-29(33-24)35-28(36)26(27(34-35)21-5-3-2-4-6-21)25(22(15-31)16-32)20-11-13-23(30)14-12-20/h2-14,17,22,25-26H,1H3/t25-,26+/m0/s1. The molecule has 1 aliphatic heterocycles. The Balaban J connectivity index is 1.61. The summed E-state index contributed by atoms with van der Waals surface area (Å²) in [5.41, 5.74) is 4.73. The first-order valence-electron chi connectivity index (χ1n) is 11.6. The highest BCUT2D eigenvalue weighted by molar-refractivity contribution is 7.14. The normalized spacial score (nSPS) is 15.8. The number of carbonyl (C=O) groups excluding carboxylic acids is 1. The van der Waals surface area contributed by atoms with Crippen LogP contribution in [0.15, 0.2) is 89.3 Å². The summed E-state index contributed by atoms with van der Waals surface area (Å²) in [4.78, 5) is 18.7. The molecule has 4 aromatic rings. The number of nitrogens with zero attached hydrogens (tertiary/aromatic N) is 5. The number of halogens is 1. The highest BCUT2D eigenvalue weighted by Gasteiger charge is 2.47. The average Bonchev–Trinajstić information content (AvgIpc) is 3.54. The molecule has 0 unspecified atom stereocenters. The lowest BCUT2D eigenvalue weighted by Gasteiger charge is -2.25. The SMILES string of the molecule is Cc1ccc(-c2csc(N3N=C(c4ccccc4)[C@@H]([C@@H](c4ccc(Cl)cc4)C(C#N)C#N)C3=O)n2)cc1. The summed E-state index contributed by atoms with van der Waals surface area (Å²) in [5, 5.41) is 28.6. The van der Waals surface area contributed by atoms with Crippen LogP contribution < -0.4 is 5.01 Å². The largest absolute Gasteiger partial charge is 0.272 e. The summed E-state index contributed by atoms with van der Waals surface area (Å²) in [6.07, 6.45) is 0. The number of anilines is 1. The van der Waals surface area contributed by atoms with Crippen molar-refractivity contribution in [3.8, 4) is 23.4 Å². The van der Waals surface area contributed by atoms with Crippen LogP contribution >= 0.6 is 22.9 Å². The van der Waals surface area contributed by atoms with Crippen molar-refractivity contribution < 1.29 is 4.79 Å². The number of hydrogen-bond acceptors (Lipinski definition) is 6. The molecule has 3 aromatic carbocycles. The van der Waals surface area contributed by atoms with Gasteiger partial charge < -0.3 is 0 Å². The monoisotopic (exact) mass is 521 g/mol. The van der Waals surface area contributed by atoms with Gasteiger partial charge in [-0.1, -0.05) is 83.9 Å². The summed E-state index contributed by atoms with van der Waals surface area (Å²) >= 11 is 7.42. The van der Waals surface area contributed by atoms with Crippen LogP contribution in [0.5, 0.6) is 0 Å². The number of carbonyl (C=O) groups is 1. The minimum Gasteiger partial charge on any atom is -0.272 e. The molecular weight excluding hydrogens is 502 g/mol. The Morgan fingerprint density at radius 2 is 1.62 bits per heavy atom. The van der Waals surface area contributed by atoms with Crippen LogP contribution in [0.2, 0.25) is 5.02 Å². The Morgan fingerprint density at radius 1 is 0.946 bits per heavy atom. The number of aromatic nitrogens is 1. The minimum absolute atomic E-state index is 0.334. The number of aryl methyl sites for hydroxylation is 1. The van der Waals surface area contributed by atoms with Gasteiger partial charge in [-0.2, -0.15) is 20.6 Å². The van der Waals surface area contributed by atoms with Crippen molar-refractivity contribution in [3.63, 3.8) is 0 Å². The van der Waals surface area contributed by atoms with Crippen molar-refractivity contribution in [2.24, 2.45) is 16.9 Å². The van der Waals surface area contributed by atoms with E-state index in [1.807, 2.05) is 66.9 Å². The lowest BCUT2D eigenvalue weighted by molar-refractivity contribution is -0.120. The van der Waals surface area contributed by atoms with E-state index in [0.29, 0.717) is 21.4 Å². The molecule has 180 valence electrons. The van der Waals surface area contributed by atoms with Crippen LogP contribution in [-0.2, 0) is 4.79 Å². The van der Waals surface area contributed by atoms with E-state index in [-0.39, 0.29) is 5.91 Å². The molecule has 0 aliphatic carbocycles. The van der Waals surface area contributed by atoms with E-state index in [0.717, 1.165) is 22.4 Å². The fraction of sp³-hybridized carbons (Fsp3) is 0.138. The Kier molecular flexibility index (Phi) is 6.83. The van der Waals surface area contributed by atoms with Crippen molar-refractivity contribution in [2.45, 2.75) is 12.8 Å². The maximum atomic E-state index is 14.0. The van der Waals surface area contributed by atoms with E-state index in [2.05, 4.69) is 12.1 Å². The van der Waals surface area contributed by atoms with E-state index in [9.17, 15) is 15.3 Å². The molecule has 0 saturated carbocycles. The van der Waals surface area contributed by atoms with E-state index < -0.39 is 17.8 Å². The molecule has 0 spiro atoms. The van der Waals surface area contributed by atoms with Crippen molar-refractivity contribution in [2.75, 3.05) is 5.01 Å². The number of nitriles is 2. The first kappa shape index (κ1) is 24.4. The molecule has 1 aliphatic rings. The van der Waals surface area contributed by atoms with Gasteiger partial charge in [0.1, 0.15) is 5.92 Å². The molecule has 0 N–H and O–H groups in total. The first-order chi connectivity index (χ1) is 18.0. The van der Waals surface area contributed by atoms with Gasteiger partial charge in [0.05, 0.1) is 29.5 Å². The molecule has 0 bridgehead atoms. The maximum Gasteiger partial charge on any atom is 0.259 e. The molecule has 6 nitrogen and oxygen atoms in total. The number of hydrogen-bond donors (Lipinski definition) is 0. The van der Waals surface area contributed by atoms with Crippen molar-refractivity contribution in [1.82, 2.24) is 4.98 Å². The van der Waals surface area contributed by atoms with Crippen LogP contribution in [0.25, 0.3) is 11.3 Å². The lowest BCUT2D eigenvalue weighted by atomic mass is 9.74. The van der Waals surface area contributed by atoms with Gasteiger partial charge >= 0.3 is 0 Å². The highest BCUT2D eigenvalue weighted by Crippen LogP contribution is 2.41. The van der Waals surface area contributed by atoms with E-state index in [1.165, 1.54) is 16.3 Å². The number of amides is 1. The summed E-state index contributed by atoms with van der Waals surface area (Å²) in [7, 11) is 0. The molecular formula is C29H20ClN5OS. The Hall–Kier alpha value is -4.30.